The van der Waals surface area contributed by atoms with E-state index in [2.05, 4.69) is 24.5 Å². The van der Waals surface area contributed by atoms with Crippen LogP contribution >= 0.6 is 0 Å². The van der Waals surface area contributed by atoms with Gasteiger partial charge in [-0.05, 0) is 6.07 Å². The van der Waals surface area contributed by atoms with Gasteiger partial charge in [-0.15, -0.1) is 10.2 Å². The highest BCUT2D eigenvalue weighted by Gasteiger charge is 2.34. The van der Waals surface area contributed by atoms with Crippen molar-refractivity contribution in [1.82, 2.24) is 24.7 Å². The first-order valence-electron chi connectivity index (χ1n) is 9.74. The zero-order valence-corrected chi connectivity index (χ0v) is 19.2. The van der Waals surface area contributed by atoms with Crippen molar-refractivity contribution < 1.29 is 30.5 Å². The van der Waals surface area contributed by atoms with Gasteiger partial charge in [0.25, 0.3) is 0 Å². The lowest BCUT2D eigenvalue weighted by molar-refractivity contribution is -0.141. The lowest BCUT2D eigenvalue weighted by Gasteiger charge is -2.16. The van der Waals surface area contributed by atoms with Gasteiger partial charge in [0.1, 0.15) is 11.2 Å². The molecule has 1 aliphatic rings. The van der Waals surface area contributed by atoms with Crippen molar-refractivity contribution in [2.75, 3.05) is 30.5 Å². The van der Waals surface area contributed by atoms with E-state index in [9.17, 15) is 25.8 Å². The van der Waals surface area contributed by atoms with Gasteiger partial charge in [-0.3, -0.25) is 0 Å². The number of fused-ring (bicyclic) bond motifs is 1. The average Bonchev–Trinajstić information content (AvgIpc) is 3.09. The number of hydrogen-bond donors (Lipinski definition) is 0. The Morgan fingerprint density at radius 2 is 1.91 bits per heavy atom. The molecule has 1 saturated heterocycles. The summed E-state index contributed by atoms with van der Waals surface area (Å²) in [6, 6.07) is 1.99. The summed E-state index contributed by atoms with van der Waals surface area (Å²) in [5, 5.41) is 6.78. The van der Waals surface area contributed by atoms with Crippen LogP contribution in [0.15, 0.2) is 27.6 Å². The number of ether oxygens (including phenoxy) is 1. The maximum atomic E-state index is 13.0. The third-order valence-corrected chi connectivity index (χ3v) is 8.93. The Bertz CT molecular complexity index is 1450. The molecule has 0 amide bonds. The van der Waals surface area contributed by atoms with Crippen LogP contribution in [0.2, 0.25) is 0 Å². The fourth-order valence-electron chi connectivity index (χ4n) is 3.25. The molecule has 0 spiro atoms. The molecule has 4 heterocycles. The maximum Gasteiger partial charge on any atom is 0.435 e. The molecule has 33 heavy (non-hydrogen) atoms. The van der Waals surface area contributed by atoms with E-state index in [0.717, 1.165) is 6.07 Å². The standard InChI is InChI=1S/C18H19F3N6O4S2/c1-3-33(29,30)13-8-11(26-32(28)6-4-31-5-7-32)10-22-15(13)17-23-12-9-14(18(19,20)21)24-25-16(12)27(17)2/h8-10H,3-7H2,1-2H3. The number of halogens is 3. The van der Waals surface area contributed by atoms with Crippen molar-refractivity contribution in [2.24, 2.45) is 11.4 Å². The molecule has 1 fully saturated rings. The maximum absolute atomic E-state index is 13.0. The van der Waals surface area contributed by atoms with Crippen molar-refractivity contribution in [3.63, 3.8) is 0 Å². The third-order valence-electron chi connectivity index (χ3n) is 5.04. The predicted octanol–water partition coefficient (Wildman–Crippen LogP) is 2.37. The molecule has 0 atom stereocenters. The van der Waals surface area contributed by atoms with Crippen LogP contribution in [-0.2, 0) is 37.5 Å². The molecule has 3 aromatic rings. The van der Waals surface area contributed by atoms with E-state index in [1.165, 1.54) is 30.8 Å². The summed E-state index contributed by atoms with van der Waals surface area (Å²) in [5.41, 5.74) is -1.26. The number of nitrogens with zero attached hydrogens (tertiary/aromatic N) is 6. The fraction of sp³-hybridized carbons (Fsp3) is 0.444. The lowest BCUT2D eigenvalue weighted by atomic mass is 10.3. The fourth-order valence-corrected chi connectivity index (χ4v) is 5.92. The highest BCUT2D eigenvalue weighted by atomic mass is 32.2. The quantitative estimate of drug-likeness (QED) is 0.530. The van der Waals surface area contributed by atoms with Gasteiger partial charge in [-0.2, -0.15) is 17.5 Å². The minimum Gasteiger partial charge on any atom is -0.379 e. The van der Waals surface area contributed by atoms with Crippen molar-refractivity contribution >= 4 is 36.4 Å². The largest absolute Gasteiger partial charge is 0.435 e. The summed E-state index contributed by atoms with van der Waals surface area (Å²) in [7, 11) is -5.01. The summed E-state index contributed by atoms with van der Waals surface area (Å²) in [6.07, 6.45) is -3.45. The van der Waals surface area contributed by atoms with Gasteiger partial charge in [0.15, 0.2) is 27.0 Å². The average molecular weight is 505 g/mol. The minimum atomic E-state index is -4.71. The first-order valence-corrected chi connectivity index (χ1v) is 13.2. The minimum absolute atomic E-state index is 0.00699. The van der Waals surface area contributed by atoms with E-state index in [4.69, 9.17) is 4.74 Å². The molecular formula is C18H19F3N6O4S2. The number of alkyl halides is 3. The molecule has 0 N–H and O–H groups in total. The first kappa shape index (κ1) is 23.5. The predicted molar refractivity (Wildman–Crippen MR) is 113 cm³/mol. The number of sulfone groups is 1. The molecule has 0 bridgehead atoms. The molecule has 10 nitrogen and oxygen atoms in total. The van der Waals surface area contributed by atoms with Crippen LogP contribution in [0.1, 0.15) is 12.6 Å². The molecule has 0 saturated carbocycles. The Kier molecular flexibility index (Phi) is 5.90. The Balaban J connectivity index is 1.90. The van der Waals surface area contributed by atoms with Crippen molar-refractivity contribution in [3.05, 3.63) is 24.0 Å². The second kappa shape index (κ2) is 8.29. The van der Waals surface area contributed by atoms with Crippen LogP contribution in [0.25, 0.3) is 22.7 Å². The molecule has 0 aliphatic carbocycles. The van der Waals surface area contributed by atoms with Crippen LogP contribution in [0.3, 0.4) is 0 Å². The smallest absolute Gasteiger partial charge is 0.379 e. The van der Waals surface area contributed by atoms with Gasteiger partial charge >= 0.3 is 6.18 Å². The molecule has 1 aliphatic heterocycles. The molecule has 15 heteroatoms. The topological polar surface area (TPSA) is 129 Å². The molecule has 4 rings (SSSR count). The Labute approximate surface area is 187 Å². The Morgan fingerprint density at radius 3 is 2.55 bits per heavy atom. The van der Waals surface area contributed by atoms with E-state index in [1.807, 2.05) is 0 Å². The summed E-state index contributed by atoms with van der Waals surface area (Å²) >= 11 is 0. The van der Waals surface area contributed by atoms with Gasteiger partial charge in [-0.25, -0.2) is 22.6 Å². The first-order chi connectivity index (χ1) is 15.4. The number of pyridine rings is 1. The SMILES string of the molecule is CCS(=O)(=O)c1cc(N=S2(=O)CCOCC2)cnc1-c1nc2cc(C(F)(F)F)nnc2n1C. The van der Waals surface area contributed by atoms with Crippen LogP contribution in [0, 0.1) is 0 Å². The Hall–Kier alpha value is -2.65. The highest BCUT2D eigenvalue weighted by Crippen LogP contribution is 2.33. The summed E-state index contributed by atoms with van der Waals surface area (Å²) in [4.78, 5) is 8.14. The normalized spacial score (nSPS) is 16.8. The molecule has 0 aromatic carbocycles. The van der Waals surface area contributed by atoms with E-state index in [0.29, 0.717) is 0 Å². The van der Waals surface area contributed by atoms with E-state index in [1.54, 1.807) is 0 Å². The van der Waals surface area contributed by atoms with Crippen molar-refractivity contribution in [2.45, 2.75) is 18.0 Å². The van der Waals surface area contributed by atoms with Crippen molar-refractivity contribution in [1.29, 1.82) is 0 Å². The Morgan fingerprint density at radius 1 is 1.21 bits per heavy atom. The number of imidazole rings is 1. The van der Waals surface area contributed by atoms with E-state index in [-0.39, 0.29) is 63.7 Å². The van der Waals surface area contributed by atoms with Gasteiger partial charge in [-0.1, -0.05) is 6.92 Å². The number of hydrogen-bond acceptors (Lipinski definition) is 9. The molecule has 3 aromatic heterocycles. The molecule has 0 radical (unpaired) electrons. The monoisotopic (exact) mass is 504 g/mol. The van der Waals surface area contributed by atoms with Crippen LogP contribution in [0.5, 0.6) is 0 Å². The summed E-state index contributed by atoms with van der Waals surface area (Å²) in [5.74, 6) is 0.161. The third kappa shape index (κ3) is 4.56. The second-order valence-electron chi connectivity index (χ2n) is 7.26. The van der Waals surface area contributed by atoms with Crippen LogP contribution in [-0.4, -0.2) is 67.8 Å². The highest BCUT2D eigenvalue weighted by molar-refractivity contribution is 7.93. The number of aryl methyl sites for hydroxylation is 1. The summed E-state index contributed by atoms with van der Waals surface area (Å²) < 4.78 is 88.4. The molecule has 178 valence electrons. The van der Waals surface area contributed by atoms with Gasteiger partial charge in [0.2, 0.25) is 0 Å². The summed E-state index contributed by atoms with van der Waals surface area (Å²) in [6.45, 7) is 2.02. The molecular weight excluding hydrogens is 485 g/mol. The van der Waals surface area contributed by atoms with Gasteiger partial charge in [0, 0.05) is 13.1 Å². The second-order valence-corrected chi connectivity index (χ2v) is 12.0. The number of rotatable bonds is 4. The van der Waals surface area contributed by atoms with Crippen LogP contribution in [0.4, 0.5) is 18.9 Å². The van der Waals surface area contributed by atoms with Crippen LogP contribution < -0.4 is 0 Å². The molecule has 0 unspecified atom stereocenters. The zero-order chi connectivity index (χ0) is 24.0. The van der Waals surface area contributed by atoms with Crippen molar-refractivity contribution in [3.8, 4) is 11.5 Å². The van der Waals surface area contributed by atoms with Gasteiger partial charge in [0.05, 0.1) is 57.0 Å². The zero-order valence-electron chi connectivity index (χ0n) is 17.5. The van der Waals surface area contributed by atoms with E-state index >= 15 is 0 Å². The van der Waals surface area contributed by atoms with E-state index < -0.39 is 31.4 Å². The van der Waals surface area contributed by atoms with Gasteiger partial charge < -0.3 is 9.30 Å². The lowest BCUT2D eigenvalue weighted by Crippen LogP contribution is -2.25. The number of aromatic nitrogens is 5.